The molecule has 0 radical (unpaired) electrons. The van der Waals surface area contributed by atoms with Crippen molar-refractivity contribution in [2.24, 2.45) is 0 Å². The summed E-state index contributed by atoms with van der Waals surface area (Å²) < 4.78 is 0. The first-order valence-electron chi connectivity index (χ1n) is 9.99. The minimum absolute atomic E-state index is 0.00740. The van der Waals surface area contributed by atoms with Gasteiger partial charge in [0.25, 0.3) is 5.91 Å². The van der Waals surface area contributed by atoms with Crippen molar-refractivity contribution >= 4 is 28.2 Å². The van der Waals surface area contributed by atoms with Gasteiger partial charge in [-0.15, -0.1) is 0 Å². The van der Waals surface area contributed by atoms with E-state index in [0.29, 0.717) is 17.7 Å². The van der Waals surface area contributed by atoms with Crippen molar-refractivity contribution < 1.29 is 9.59 Å². The van der Waals surface area contributed by atoms with Crippen LogP contribution in [0.2, 0.25) is 0 Å². The van der Waals surface area contributed by atoms with Gasteiger partial charge in [-0.1, -0.05) is 19.6 Å². The lowest BCUT2D eigenvalue weighted by Crippen LogP contribution is -2.42. The van der Waals surface area contributed by atoms with Gasteiger partial charge in [-0.2, -0.15) is 0 Å². The quantitative estimate of drug-likeness (QED) is 0.532. The molecule has 29 heavy (non-hydrogen) atoms. The second-order valence-corrected chi connectivity index (χ2v) is 7.38. The zero-order valence-corrected chi connectivity index (χ0v) is 17.6. The summed E-state index contributed by atoms with van der Waals surface area (Å²) in [6.07, 6.45) is 6.95. The number of carbonyl (C=O) groups excluding carboxylic acids is 2. The summed E-state index contributed by atoms with van der Waals surface area (Å²) in [5.41, 5.74) is 5.02. The number of carbonyl (C=O) groups is 2. The predicted molar refractivity (Wildman–Crippen MR) is 117 cm³/mol. The lowest BCUT2D eigenvalue weighted by atomic mass is 9.93. The van der Waals surface area contributed by atoms with Crippen LogP contribution in [0.5, 0.6) is 0 Å². The van der Waals surface area contributed by atoms with Crippen molar-refractivity contribution in [1.29, 1.82) is 0 Å². The number of Topliss-reactive ketones (excluding diaryl/α,β-unsaturated/α-hetero) is 1. The summed E-state index contributed by atoms with van der Waals surface area (Å²) in [4.78, 5) is 36.0. The fraction of sp³-hybridized carbons (Fsp3) is 0.333. The van der Waals surface area contributed by atoms with Crippen molar-refractivity contribution in [3.8, 4) is 0 Å². The number of hydrogen-bond donors (Lipinski definition) is 0. The average molecular weight is 389 g/mol. The highest BCUT2D eigenvalue weighted by molar-refractivity contribution is 6.03. The highest BCUT2D eigenvalue weighted by Crippen LogP contribution is 2.30. The van der Waals surface area contributed by atoms with Gasteiger partial charge in [-0.25, -0.2) is 4.98 Å². The third-order valence-corrected chi connectivity index (χ3v) is 5.26. The zero-order valence-electron chi connectivity index (χ0n) is 17.6. The van der Waals surface area contributed by atoms with E-state index in [4.69, 9.17) is 4.98 Å². The maximum atomic E-state index is 13.1. The standard InChI is InChI=1S/C24H27N3O2/c1-6-19(15(3)11-16(4)22(28)7-2)20-13-18-14-25-17(5)12-21(18)26-23(20)24(29)27-9-8-10-27/h6,11-14H,4,7-10H2,1-3,5H3/b15-11-,19-6+. The topological polar surface area (TPSA) is 63.2 Å². The summed E-state index contributed by atoms with van der Waals surface area (Å²) in [7, 11) is 0. The first-order chi connectivity index (χ1) is 13.8. The normalized spacial score (nSPS) is 14.7. The monoisotopic (exact) mass is 389 g/mol. The van der Waals surface area contributed by atoms with Gasteiger partial charge < -0.3 is 4.90 Å². The van der Waals surface area contributed by atoms with Crippen LogP contribution in [0.25, 0.3) is 16.5 Å². The van der Waals surface area contributed by atoms with Gasteiger partial charge in [-0.05, 0) is 56.5 Å². The molecule has 1 fully saturated rings. The molecule has 0 N–H and O–H groups in total. The lowest BCUT2D eigenvalue weighted by molar-refractivity contribution is -0.114. The predicted octanol–water partition coefficient (Wildman–Crippen LogP) is 4.67. The summed E-state index contributed by atoms with van der Waals surface area (Å²) >= 11 is 0. The first kappa shape index (κ1) is 20.6. The molecule has 1 aliphatic rings. The summed E-state index contributed by atoms with van der Waals surface area (Å²) in [6.45, 7) is 13.0. The number of amides is 1. The van der Waals surface area contributed by atoms with E-state index in [1.54, 1.807) is 12.3 Å². The summed E-state index contributed by atoms with van der Waals surface area (Å²) in [5, 5.41) is 0.876. The highest BCUT2D eigenvalue weighted by Gasteiger charge is 2.27. The van der Waals surface area contributed by atoms with Gasteiger partial charge >= 0.3 is 0 Å². The Balaban J connectivity index is 2.15. The number of likely N-dealkylation sites (tertiary alicyclic amines) is 1. The molecule has 3 heterocycles. The molecule has 2 aromatic heterocycles. The SMILES string of the molecule is C=C(/C=C(C)\C(=C/C)c1cc2cnc(C)cc2nc1C(=O)N1CCC1)C(=O)CC. The van der Waals surface area contributed by atoms with Crippen LogP contribution in [0.1, 0.15) is 55.4 Å². The summed E-state index contributed by atoms with van der Waals surface area (Å²) in [6, 6.07) is 3.87. The van der Waals surface area contributed by atoms with Crippen LogP contribution in [0.3, 0.4) is 0 Å². The van der Waals surface area contributed by atoms with E-state index in [1.807, 2.05) is 50.8 Å². The zero-order chi connectivity index (χ0) is 21.1. The molecule has 1 aliphatic heterocycles. The molecular weight excluding hydrogens is 362 g/mol. The van der Waals surface area contributed by atoms with Crippen LogP contribution in [0.4, 0.5) is 0 Å². The molecule has 0 unspecified atom stereocenters. The molecule has 0 atom stereocenters. The number of allylic oxidation sites excluding steroid dienone is 5. The minimum Gasteiger partial charge on any atom is -0.337 e. The molecule has 1 amide bonds. The van der Waals surface area contributed by atoms with Crippen molar-refractivity contribution in [2.45, 2.75) is 40.5 Å². The molecule has 0 saturated carbocycles. The fourth-order valence-electron chi connectivity index (χ4n) is 3.45. The van der Waals surface area contributed by atoms with Gasteiger partial charge in [0.1, 0.15) is 5.69 Å². The highest BCUT2D eigenvalue weighted by atomic mass is 16.2. The maximum absolute atomic E-state index is 13.1. The Morgan fingerprint density at radius 1 is 1.28 bits per heavy atom. The van der Waals surface area contributed by atoms with Crippen LogP contribution >= 0.6 is 0 Å². The van der Waals surface area contributed by atoms with Crippen LogP contribution in [-0.4, -0.2) is 39.6 Å². The van der Waals surface area contributed by atoms with Gasteiger partial charge in [-0.3, -0.25) is 14.6 Å². The van der Waals surface area contributed by atoms with Gasteiger partial charge in [0.05, 0.1) is 5.52 Å². The molecular formula is C24H27N3O2. The van der Waals surface area contributed by atoms with Crippen LogP contribution < -0.4 is 0 Å². The number of pyridine rings is 2. The Hall–Kier alpha value is -3.08. The van der Waals surface area contributed by atoms with E-state index < -0.39 is 0 Å². The van der Waals surface area contributed by atoms with Gasteiger partial charge in [0.15, 0.2) is 5.78 Å². The van der Waals surface area contributed by atoms with E-state index in [1.165, 1.54) is 0 Å². The first-order valence-corrected chi connectivity index (χ1v) is 9.99. The molecule has 0 bridgehead atoms. The van der Waals surface area contributed by atoms with E-state index in [0.717, 1.165) is 52.8 Å². The van der Waals surface area contributed by atoms with Crippen LogP contribution in [0, 0.1) is 6.92 Å². The Labute approximate surface area is 171 Å². The average Bonchev–Trinajstić information content (AvgIpc) is 2.65. The molecule has 5 nitrogen and oxygen atoms in total. The number of fused-ring (bicyclic) bond motifs is 1. The summed E-state index contributed by atoms with van der Waals surface area (Å²) in [5.74, 6) is -0.0498. The minimum atomic E-state index is -0.0572. The number of ketones is 1. The molecule has 0 aliphatic carbocycles. The maximum Gasteiger partial charge on any atom is 0.273 e. The molecule has 0 spiro atoms. The second kappa shape index (κ2) is 8.52. The molecule has 5 heteroatoms. The van der Waals surface area contributed by atoms with E-state index in [2.05, 4.69) is 11.6 Å². The Bertz CT molecular complexity index is 1060. The van der Waals surface area contributed by atoms with E-state index in [9.17, 15) is 9.59 Å². The molecule has 1 saturated heterocycles. The molecule has 150 valence electrons. The van der Waals surface area contributed by atoms with Crippen LogP contribution in [0.15, 0.2) is 48.2 Å². The third-order valence-electron chi connectivity index (χ3n) is 5.26. The Morgan fingerprint density at radius 3 is 2.59 bits per heavy atom. The lowest BCUT2D eigenvalue weighted by Gasteiger charge is -2.31. The van der Waals surface area contributed by atoms with E-state index >= 15 is 0 Å². The smallest absolute Gasteiger partial charge is 0.273 e. The van der Waals surface area contributed by atoms with E-state index in [-0.39, 0.29) is 11.7 Å². The number of rotatable bonds is 6. The van der Waals surface area contributed by atoms with Crippen molar-refractivity contribution in [2.75, 3.05) is 13.1 Å². The van der Waals surface area contributed by atoms with Crippen molar-refractivity contribution in [3.05, 3.63) is 65.2 Å². The van der Waals surface area contributed by atoms with Crippen molar-refractivity contribution in [1.82, 2.24) is 14.9 Å². The molecule has 0 aromatic carbocycles. The Morgan fingerprint density at radius 2 is 2.00 bits per heavy atom. The number of aryl methyl sites for hydroxylation is 1. The number of nitrogens with zero attached hydrogens (tertiary/aromatic N) is 3. The number of hydrogen-bond acceptors (Lipinski definition) is 4. The number of aromatic nitrogens is 2. The van der Waals surface area contributed by atoms with Gasteiger partial charge in [0.2, 0.25) is 0 Å². The van der Waals surface area contributed by atoms with Crippen molar-refractivity contribution in [3.63, 3.8) is 0 Å². The fourth-order valence-corrected chi connectivity index (χ4v) is 3.45. The largest absolute Gasteiger partial charge is 0.337 e. The molecule has 2 aromatic rings. The van der Waals surface area contributed by atoms with Crippen LogP contribution in [-0.2, 0) is 4.79 Å². The van der Waals surface area contributed by atoms with Gasteiger partial charge in [0, 0.05) is 47.9 Å². The molecule has 3 rings (SSSR count). The third kappa shape index (κ3) is 4.19. The second-order valence-electron chi connectivity index (χ2n) is 7.38. The Kier molecular flexibility index (Phi) is 6.06.